The lowest BCUT2D eigenvalue weighted by atomic mass is 10.2. The second-order valence-electron chi connectivity index (χ2n) is 5.48. The van der Waals surface area contributed by atoms with Gasteiger partial charge < -0.3 is 15.4 Å². The van der Waals surface area contributed by atoms with Gasteiger partial charge in [-0.15, -0.1) is 0 Å². The molecule has 23 heavy (non-hydrogen) atoms. The highest BCUT2D eigenvalue weighted by Gasteiger charge is 2.28. The maximum Gasteiger partial charge on any atom is 0.191 e. The van der Waals surface area contributed by atoms with Crippen LogP contribution in [-0.4, -0.2) is 45.1 Å². The molecule has 0 radical (unpaired) electrons. The Bertz CT molecular complexity index is 644. The number of nitrogens with zero attached hydrogens (tertiary/aromatic N) is 1. The van der Waals surface area contributed by atoms with E-state index in [1.807, 2.05) is 38.1 Å². The highest BCUT2D eigenvalue weighted by molar-refractivity contribution is 7.91. The molecule has 0 aliphatic carbocycles. The van der Waals surface area contributed by atoms with Crippen molar-refractivity contribution < 1.29 is 13.2 Å². The van der Waals surface area contributed by atoms with E-state index in [-0.39, 0.29) is 17.5 Å². The molecule has 2 N–H and O–H groups in total. The van der Waals surface area contributed by atoms with Gasteiger partial charge in [-0.2, -0.15) is 0 Å². The van der Waals surface area contributed by atoms with Gasteiger partial charge in [0.25, 0.3) is 0 Å². The van der Waals surface area contributed by atoms with E-state index in [1.165, 1.54) is 0 Å². The molecule has 2 rings (SSSR count). The maximum atomic E-state index is 11.6. The van der Waals surface area contributed by atoms with Crippen LogP contribution in [0, 0.1) is 0 Å². The number of aliphatic imine (C=N–C) groups is 1. The second kappa shape index (κ2) is 8.19. The monoisotopic (exact) mass is 339 g/mol. The van der Waals surface area contributed by atoms with Crippen molar-refractivity contribution >= 4 is 15.8 Å². The Morgan fingerprint density at radius 3 is 2.78 bits per heavy atom. The summed E-state index contributed by atoms with van der Waals surface area (Å²) in [5.41, 5.74) is 1.01. The van der Waals surface area contributed by atoms with Crippen molar-refractivity contribution in [2.45, 2.75) is 32.9 Å². The normalized spacial score (nSPS) is 20.3. The molecule has 1 aliphatic heterocycles. The Morgan fingerprint density at radius 1 is 1.35 bits per heavy atom. The fraction of sp³-hybridized carbons (Fsp3) is 0.562. The predicted molar refractivity (Wildman–Crippen MR) is 92.6 cm³/mol. The van der Waals surface area contributed by atoms with Crippen molar-refractivity contribution in [2.75, 3.05) is 24.7 Å². The van der Waals surface area contributed by atoms with Crippen LogP contribution in [0.2, 0.25) is 0 Å². The first kappa shape index (κ1) is 17.6. The summed E-state index contributed by atoms with van der Waals surface area (Å²) >= 11 is 0. The fourth-order valence-electron chi connectivity index (χ4n) is 2.52. The number of para-hydroxylation sites is 1. The number of rotatable bonds is 6. The van der Waals surface area contributed by atoms with E-state index in [0.29, 0.717) is 25.5 Å². The van der Waals surface area contributed by atoms with Crippen LogP contribution >= 0.6 is 0 Å². The summed E-state index contributed by atoms with van der Waals surface area (Å²) in [5.74, 6) is 1.89. The van der Waals surface area contributed by atoms with Crippen molar-refractivity contribution in [3.63, 3.8) is 0 Å². The van der Waals surface area contributed by atoms with Gasteiger partial charge in [-0.1, -0.05) is 18.2 Å². The molecule has 128 valence electrons. The lowest BCUT2D eigenvalue weighted by Gasteiger charge is -2.16. The zero-order valence-corrected chi connectivity index (χ0v) is 14.5. The molecular weight excluding hydrogens is 314 g/mol. The Kier molecular flexibility index (Phi) is 6.27. The lowest BCUT2D eigenvalue weighted by Crippen LogP contribution is -2.44. The zero-order chi connectivity index (χ0) is 16.7. The number of guanidine groups is 1. The van der Waals surface area contributed by atoms with Crippen molar-refractivity contribution in [1.29, 1.82) is 0 Å². The van der Waals surface area contributed by atoms with Crippen LogP contribution in [0.15, 0.2) is 29.3 Å². The predicted octanol–water partition coefficient (Wildman–Crippen LogP) is 1.33. The molecule has 0 bridgehead atoms. The highest BCUT2D eigenvalue weighted by Crippen LogP contribution is 2.18. The molecule has 1 fully saturated rings. The minimum absolute atomic E-state index is 0.0695. The van der Waals surface area contributed by atoms with Crippen molar-refractivity contribution in [3.8, 4) is 5.75 Å². The van der Waals surface area contributed by atoms with Crippen LogP contribution in [0.5, 0.6) is 5.75 Å². The molecule has 1 saturated heterocycles. The summed E-state index contributed by atoms with van der Waals surface area (Å²) in [6.07, 6.45) is 0.627. The van der Waals surface area contributed by atoms with Gasteiger partial charge in [0.05, 0.1) is 24.7 Å². The number of ether oxygens (including phenoxy) is 1. The van der Waals surface area contributed by atoms with E-state index in [0.717, 1.165) is 17.9 Å². The van der Waals surface area contributed by atoms with Gasteiger partial charge in [0, 0.05) is 18.2 Å². The third-order valence-corrected chi connectivity index (χ3v) is 5.37. The molecule has 1 atom stereocenters. The molecule has 1 aromatic rings. The van der Waals surface area contributed by atoms with Gasteiger partial charge in [0.1, 0.15) is 5.75 Å². The first-order chi connectivity index (χ1) is 11.0. The van der Waals surface area contributed by atoms with Crippen molar-refractivity contribution in [1.82, 2.24) is 10.6 Å². The van der Waals surface area contributed by atoms with Crippen LogP contribution in [0.25, 0.3) is 0 Å². The van der Waals surface area contributed by atoms with Gasteiger partial charge in [-0.05, 0) is 26.3 Å². The minimum atomic E-state index is -2.90. The average molecular weight is 339 g/mol. The summed E-state index contributed by atoms with van der Waals surface area (Å²) in [6.45, 7) is 5.74. The summed E-state index contributed by atoms with van der Waals surface area (Å²) in [6, 6.07) is 7.73. The molecule has 1 aliphatic rings. The summed E-state index contributed by atoms with van der Waals surface area (Å²) < 4.78 is 28.7. The SMILES string of the molecule is CCNC(=NCc1ccccc1OCC)NC1CCS(=O)(=O)C1. The topological polar surface area (TPSA) is 79.8 Å². The zero-order valence-electron chi connectivity index (χ0n) is 13.7. The Morgan fingerprint density at radius 2 is 2.13 bits per heavy atom. The summed E-state index contributed by atoms with van der Waals surface area (Å²) in [4.78, 5) is 4.56. The first-order valence-electron chi connectivity index (χ1n) is 8.00. The van der Waals surface area contributed by atoms with E-state index in [4.69, 9.17) is 4.74 Å². The van der Waals surface area contributed by atoms with Gasteiger partial charge in [0.2, 0.25) is 0 Å². The van der Waals surface area contributed by atoms with E-state index >= 15 is 0 Å². The number of sulfone groups is 1. The van der Waals surface area contributed by atoms with E-state index < -0.39 is 9.84 Å². The molecule has 0 aromatic heterocycles. The Labute approximate surface area is 138 Å². The van der Waals surface area contributed by atoms with Gasteiger partial charge in [-0.25, -0.2) is 13.4 Å². The number of benzene rings is 1. The fourth-order valence-corrected chi connectivity index (χ4v) is 4.19. The maximum absolute atomic E-state index is 11.6. The molecule has 0 spiro atoms. The highest BCUT2D eigenvalue weighted by atomic mass is 32.2. The van der Waals surface area contributed by atoms with Crippen LogP contribution in [0.1, 0.15) is 25.8 Å². The Balaban J connectivity index is 2.04. The molecule has 6 nitrogen and oxygen atoms in total. The lowest BCUT2D eigenvalue weighted by molar-refractivity contribution is 0.336. The van der Waals surface area contributed by atoms with Crippen LogP contribution in [0.4, 0.5) is 0 Å². The van der Waals surface area contributed by atoms with Gasteiger partial charge >= 0.3 is 0 Å². The molecule has 1 heterocycles. The molecule has 1 aromatic carbocycles. The van der Waals surface area contributed by atoms with Crippen LogP contribution < -0.4 is 15.4 Å². The Hall–Kier alpha value is -1.76. The number of nitrogens with one attached hydrogen (secondary N) is 2. The third kappa shape index (κ3) is 5.42. The molecular formula is C16H25N3O3S. The molecule has 7 heteroatoms. The van der Waals surface area contributed by atoms with Gasteiger partial charge in [0.15, 0.2) is 15.8 Å². The van der Waals surface area contributed by atoms with Crippen molar-refractivity contribution in [2.24, 2.45) is 4.99 Å². The van der Waals surface area contributed by atoms with E-state index in [9.17, 15) is 8.42 Å². The van der Waals surface area contributed by atoms with E-state index in [2.05, 4.69) is 15.6 Å². The van der Waals surface area contributed by atoms with Gasteiger partial charge in [-0.3, -0.25) is 0 Å². The minimum Gasteiger partial charge on any atom is -0.494 e. The standard InChI is InChI=1S/C16H25N3O3S/c1-3-17-16(19-14-9-10-23(20,21)12-14)18-11-13-7-5-6-8-15(13)22-4-2/h5-8,14H,3-4,9-12H2,1-2H3,(H2,17,18,19). The molecule has 0 saturated carbocycles. The second-order valence-corrected chi connectivity index (χ2v) is 7.71. The quantitative estimate of drug-likeness (QED) is 0.604. The summed E-state index contributed by atoms with van der Waals surface area (Å²) in [5, 5.41) is 6.37. The number of hydrogen-bond acceptors (Lipinski definition) is 4. The van der Waals surface area contributed by atoms with Crippen LogP contribution in [0.3, 0.4) is 0 Å². The first-order valence-corrected chi connectivity index (χ1v) is 9.82. The number of hydrogen-bond donors (Lipinski definition) is 2. The summed E-state index contributed by atoms with van der Waals surface area (Å²) in [7, 11) is -2.90. The van der Waals surface area contributed by atoms with E-state index in [1.54, 1.807) is 0 Å². The molecule has 1 unspecified atom stereocenters. The smallest absolute Gasteiger partial charge is 0.191 e. The molecule has 0 amide bonds. The van der Waals surface area contributed by atoms with Crippen LogP contribution in [-0.2, 0) is 16.4 Å². The average Bonchev–Trinajstić information content (AvgIpc) is 2.85. The van der Waals surface area contributed by atoms with Crippen molar-refractivity contribution in [3.05, 3.63) is 29.8 Å². The largest absolute Gasteiger partial charge is 0.494 e. The third-order valence-electron chi connectivity index (χ3n) is 3.60.